The highest BCUT2D eigenvalue weighted by atomic mass is 127. The van der Waals surface area contributed by atoms with Crippen molar-refractivity contribution in [2.24, 2.45) is 0 Å². The Morgan fingerprint density at radius 2 is 1.81 bits per heavy atom. The van der Waals surface area contributed by atoms with E-state index in [0.717, 1.165) is 32.5 Å². The molecular formula is C23H17IN2O. The van der Waals surface area contributed by atoms with E-state index in [1.54, 1.807) is 0 Å². The number of aryl methyl sites for hydroxylation is 1. The Morgan fingerprint density at radius 3 is 2.67 bits per heavy atom. The van der Waals surface area contributed by atoms with Gasteiger partial charge in [-0.25, -0.2) is 0 Å². The van der Waals surface area contributed by atoms with Crippen molar-refractivity contribution < 1.29 is 4.79 Å². The van der Waals surface area contributed by atoms with Crippen molar-refractivity contribution in [3.05, 3.63) is 75.4 Å². The molecule has 2 heterocycles. The SMILES string of the molecule is CCn1c2ccccc2c2cc(C=C3C(=O)Nc4ccc(I)cc43)ccc21. The van der Waals surface area contributed by atoms with Crippen LogP contribution < -0.4 is 5.32 Å². The van der Waals surface area contributed by atoms with E-state index in [1.807, 2.05) is 18.2 Å². The van der Waals surface area contributed by atoms with Crippen LogP contribution in [0.15, 0.2) is 60.7 Å². The Bertz CT molecular complexity index is 1270. The number of hydrogen-bond acceptors (Lipinski definition) is 1. The number of anilines is 1. The molecule has 1 aromatic heterocycles. The van der Waals surface area contributed by atoms with Crippen molar-refractivity contribution in [2.45, 2.75) is 13.5 Å². The maximum atomic E-state index is 12.5. The molecule has 3 nitrogen and oxygen atoms in total. The normalized spacial score (nSPS) is 14.9. The molecule has 0 atom stereocenters. The van der Waals surface area contributed by atoms with Gasteiger partial charge in [0, 0.05) is 48.7 Å². The van der Waals surface area contributed by atoms with Crippen LogP contribution in [0.1, 0.15) is 18.1 Å². The topological polar surface area (TPSA) is 34.0 Å². The second-order valence-electron chi connectivity index (χ2n) is 6.74. The number of aromatic nitrogens is 1. The van der Waals surface area contributed by atoms with Crippen molar-refractivity contribution in [3.8, 4) is 0 Å². The highest BCUT2D eigenvalue weighted by Gasteiger charge is 2.24. The van der Waals surface area contributed by atoms with Crippen LogP contribution in [0, 0.1) is 3.57 Å². The summed E-state index contributed by atoms with van der Waals surface area (Å²) in [6, 6.07) is 21.0. The molecule has 0 bridgehead atoms. The van der Waals surface area contributed by atoms with Crippen LogP contribution in [-0.4, -0.2) is 10.5 Å². The van der Waals surface area contributed by atoms with Crippen molar-refractivity contribution in [3.63, 3.8) is 0 Å². The van der Waals surface area contributed by atoms with Crippen molar-refractivity contribution in [1.82, 2.24) is 4.57 Å². The smallest absolute Gasteiger partial charge is 0.256 e. The number of para-hydroxylation sites is 1. The first kappa shape index (κ1) is 16.6. The minimum absolute atomic E-state index is 0.0388. The van der Waals surface area contributed by atoms with Gasteiger partial charge in [0.2, 0.25) is 0 Å². The first-order valence-corrected chi connectivity index (χ1v) is 10.1. The maximum Gasteiger partial charge on any atom is 0.256 e. The average Bonchev–Trinajstić information content (AvgIpc) is 3.16. The van der Waals surface area contributed by atoms with Gasteiger partial charge < -0.3 is 9.88 Å². The highest BCUT2D eigenvalue weighted by molar-refractivity contribution is 14.1. The molecular weight excluding hydrogens is 447 g/mol. The summed E-state index contributed by atoms with van der Waals surface area (Å²) in [6.07, 6.45) is 1.99. The zero-order valence-electron chi connectivity index (χ0n) is 14.8. The lowest BCUT2D eigenvalue weighted by Gasteiger charge is -2.03. The van der Waals surface area contributed by atoms with Gasteiger partial charge in [0.1, 0.15) is 0 Å². The number of benzene rings is 3. The second-order valence-corrected chi connectivity index (χ2v) is 7.99. The molecule has 0 radical (unpaired) electrons. The van der Waals surface area contributed by atoms with Crippen LogP contribution in [0.5, 0.6) is 0 Å². The molecule has 132 valence electrons. The number of halogens is 1. The summed E-state index contributed by atoms with van der Waals surface area (Å²) in [6.45, 7) is 3.10. The minimum Gasteiger partial charge on any atom is -0.341 e. The standard InChI is InChI=1S/C23H17IN2O/c1-2-26-21-6-4-3-5-16(21)18-11-14(7-10-22(18)26)12-19-17-13-15(24)8-9-20(17)25-23(19)27/h3-13H,2H2,1H3,(H,25,27). The molecule has 0 aliphatic carbocycles. The fourth-order valence-electron chi connectivity index (χ4n) is 3.97. The molecule has 0 unspecified atom stereocenters. The molecule has 1 N–H and O–H groups in total. The van der Waals surface area contributed by atoms with E-state index in [9.17, 15) is 4.79 Å². The molecule has 0 saturated heterocycles. The van der Waals surface area contributed by atoms with Crippen LogP contribution in [-0.2, 0) is 11.3 Å². The lowest BCUT2D eigenvalue weighted by Crippen LogP contribution is -2.03. The third-order valence-electron chi connectivity index (χ3n) is 5.19. The Labute approximate surface area is 170 Å². The monoisotopic (exact) mass is 464 g/mol. The van der Waals surface area contributed by atoms with E-state index >= 15 is 0 Å². The zero-order valence-corrected chi connectivity index (χ0v) is 16.9. The fraction of sp³-hybridized carbons (Fsp3) is 0.0870. The Morgan fingerprint density at radius 1 is 1.00 bits per heavy atom. The van der Waals surface area contributed by atoms with Crippen LogP contribution in [0.4, 0.5) is 5.69 Å². The summed E-state index contributed by atoms with van der Waals surface area (Å²) in [5, 5.41) is 5.44. The van der Waals surface area contributed by atoms with Gasteiger partial charge in [-0.05, 0) is 77.6 Å². The van der Waals surface area contributed by atoms with Gasteiger partial charge >= 0.3 is 0 Å². The molecule has 1 aliphatic heterocycles. The summed E-state index contributed by atoms with van der Waals surface area (Å²) in [4.78, 5) is 12.5. The molecule has 1 aliphatic rings. The highest BCUT2D eigenvalue weighted by Crippen LogP contribution is 2.35. The number of carbonyl (C=O) groups excluding carboxylic acids is 1. The molecule has 5 rings (SSSR count). The molecule has 0 fully saturated rings. The van der Waals surface area contributed by atoms with Crippen molar-refractivity contribution in [1.29, 1.82) is 0 Å². The molecule has 4 heteroatoms. The van der Waals surface area contributed by atoms with E-state index in [1.165, 1.54) is 21.8 Å². The third-order valence-corrected chi connectivity index (χ3v) is 5.86. The zero-order chi connectivity index (χ0) is 18.5. The molecule has 0 saturated carbocycles. The molecule has 27 heavy (non-hydrogen) atoms. The summed E-state index contributed by atoms with van der Waals surface area (Å²) < 4.78 is 3.46. The average molecular weight is 464 g/mol. The van der Waals surface area contributed by atoms with Gasteiger partial charge in [0.25, 0.3) is 5.91 Å². The van der Waals surface area contributed by atoms with Crippen molar-refractivity contribution in [2.75, 3.05) is 5.32 Å². The molecule has 1 amide bonds. The Balaban J connectivity index is 1.71. The number of fused-ring (bicyclic) bond motifs is 4. The first-order chi connectivity index (χ1) is 13.2. The second kappa shape index (κ2) is 6.23. The van der Waals surface area contributed by atoms with E-state index in [4.69, 9.17) is 0 Å². The number of hydrogen-bond donors (Lipinski definition) is 1. The molecule has 0 spiro atoms. The van der Waals surface area contributed by atoms with E-state index in [2.05, 4.69) is 87.9 Å². The van der Waals surface area contributed by atoms with Gasteiger partial charge in [-0.15, -0.1) is 0 Å². The largest absolute Gasteiger partial charge is 0.341 e. The van der Waals surface area contributed by atoms with E-state index < -0.39 is 0 Å². The molecule has 3 aromatic carbocycles. The van der Waals surface area contributed by atoms with Crippen LogP contribution >= 0.6 is 22.6 Å². The predicted octanol–water partition coefficient (Wildman–Crippen LogP) is 5.91. The minimum atomic E-state index is -0.0388. The number of amides is 1. The first-order valence-electron chi connectivity index (χ1n) is 8.99. The van der Waals surface area contributed by atoms with E-state index in [0.29, 0.717) is 0 Å². The van der Waals surface area contributed by atoms with Gasteiger partial charge in [0.15, 0.2) is 0 Å². The number of rotatable bonds is 2. The van der Waals surface area contributed by atoms with Crippen molar-refractivity contribution >= 4 is 67.6 Å². The summed E-state index contributed by atoms with van der Waals surface area (Å²) in [7, 11) is 0. The number of nitrogens with zero attached hydrogens (tertiary/aromatic N) is 1. The number of nitrogens with one attached hydrogen (secondary N) is 1. The van der Waals surface area contributed by atoms with Crippen LogP contribution in [0.2, 0.25) is 0 Å². The lowest BCUT2D eigenvalue weighted by molar-refractivity contribution is -0.110. The summed E-state index contributed by atoms with van der Waals surface area (Å²) in [5.41, 5.74) is 6.10. The maximum absolute atomic E-state index is 12.5. The van der Waals surface area contributed by atoms with E-state index in [-0.39, 0.29) is 5.91 Å². The summed E-state index contributed by atoms with van der Waals surface area (Å²) in [5.74, 6) is -0.0388. The Hall–Kier alpha value is -2.60. The number of carbonyl (C=O) groups is 1. The quantitative estimate of drug-likeness (QED) is 0.291. The van der Waals surface area contributed by atoms with Crippen LogP contribution in [0.3, 0.4) is 0 Å². The van der Waals surface area contributed by atoms with Gasteiger partial charge in [-0.1, -0.05) is 24.3 Å². The van der Waals surface area contributed by atoms with Crippen LogP contribution in [0.25, 0.3) is 33.5 Å². The predicted molar refractivity (Wildman–Crippen MR) is 121 cm³/mol. The Kier molecular flexibility index (Phi) is 3.82. The summed E-state index contributed by atoms with van der Waals surface area (Å²) >= 11 is 2.28. The third kappa shape index (κ3) is 2.58. The fourth-order valence-corrected chi connectivity index (χ4v) is 4.46. The molecule has 4 aromatic rings. The van der Waals surface area contributed by atoms with Gasteiger partial charge in [-0.3, -0.25) is 4.79 Å². The van der Waals surface area contributed by atoms with Gasteiger partial charge in [-0.2, -0.15) is 0 Å². The lowest BCUT2D eigenvalue weighted by atomic mass is 10.0. The van der Waals surface area contributed by atoms with Gasteiger partial charge in [0.05, 0.1) is 0 Å².